The first-order valence-corrected chi connectivity index (χ1v) is 9.53. The molecule has 7 heteroatoms. The number of likely N-dealkylation sites (tertiary alicyclic amines) is 1. The highest BCUT2D eigenvalue weighted by Crippen LogP contribution is 2.14. The minimum atomic E-state index is 0. The summed E-state index contributed by atoms with van der Waals surface area (Å²) in [6.45, 7) is 6.53. The van der Waals surface area contributed by atoms with Crippen molar-refractivity contribution in [3.63, 3.8) is 0 Å². The molecule has 1 saturated heterocycles. The van der Waals surface area contributed by atoms with Crippen LogP contribution in [0.4, 0.5) is 0 Å². The molecule has 0 aliphatic carbocycles. The Morgan fingerprint density at radius 3 is 2.70 bits per heavy atom. The monoisotopic (exact) mass is 482 g/mol. The molecule has 6 nitrogen and oxygen atoms in total. The minimum Gasteiger partial charge on any atom is -0.357 e. The van der Waals surface area contributed by atoms with E-state index in [0.29, 0.717) is 12.6 Å². The average Bonchev–Trinajstić information content (AvgIpc) is 3.30. The third kappa shape index (κ3) is 6.49. The summed E-state index contributed by atoms with van der Waals surface area (Å²) < 4.78 is 1.95. The van der Waals surface area contributed by atoms with Crippen molar-refractivity contribution in [2.45, 2.75) is 38.9 Å². The van der Waals surface area contributed by atoms with Gasteiger partial charge in [-0.15, -0.1) is 24.0 Å². The zero-order chi connectivity index (χ0) is 18.2. The van der Waals surface area contributed by atoms with Gasteiger partial charge in [-0.2, -0.15) is 5.10 Å². The van der Waals surface area contributed by atoms with E-state index in [4.69, 9.17) is 4.99 Å². The third-order valence-corrected chi connectivity index (χ3v) is 4.94. The summed E-state index contributed by atoms with van der Waals surface area (Å²) in [6, 6.07) is 11.0. The molecule has 1 unspecified atom stereocenters. The molecule has 148 valence electrons. The van der Waals surface area contributed by atoms with Crippen LogP contribution in [0.3, 0.4) is 0 Å². The first kappa shape index (κ1) is 21.7. The van der Waals surface area contributed by atoms with E-state index < -0.39 is 0 Å². The Morgan fingerprint density at radius 2 is 2.04 bits per heavy atom. The number of hydrogen-bond donors (Lipinski definition) is 2. The Hall–Kier alpha value is -1.61. The molecule has 1 atom stereocenters. The quantitative estimate of drug-likeness (QED) is 0.362. The fraction of sp³-hybridized carbons (Fsp3) is 0.500. The van der Waals surface area contributed by atoms with Crippen molar-refractivity contribution < 1.29 is 0 Å². The largest absolute Gasteiger partial charge is 0.357 e. The number of benzene rings is 1. The summed E-state index contributed by atoms with van der Waals surface area (Å²) in [6.07, 6.45) is 6.35. The molecule has 2 aromatic rings. The van der Waals surface area contributed by atoms with E-state index in [2.05, 4.69) is 58.9 Å². The van der Waals surface area contributed by atoms with Crippen LogP contribution in [0.1, 0.15) is 30.9 Å². The molecule has 27 heavy (non-hydrogen) atoms. The van der Waals surface area contributed by atoms with Crippen molar-refractivity contribution in [3.8, 4) is 0 Å². The molecular formula is C20H31IN6. The van der Waals surface area contributed by atoms with E-state index in [1.807, 2.05) is 23.1 Å². The molecule has 0 saturated carbocycles. The fourth-order valence-corrected chi connectivity index (χ4v) is 3.39. The number of halogens is 1. The van der Waals surface area contributed by atoms with E-state index in [-0.39, 0.29) is 24.0 Å². The Bertz CT molecular complexity index is 700. The summed E-state index contributed by atoms with van der Waals surface area (Å²) in [5, 5.41) is 11.2. The number of aliphatic imine (C=N–C) groups is 1. The summed E-state index contributed by atoms with van der Waals surface area (Å²) >= 11 is 0. The number of likely N-dealkylation sites (N-methyl/N-ethyl adjacent to an activating group) is 1. The normalized spacial score (nSPS) is 17.6. The standard InChI is InChI=1S/C20H30N6.HI/c1-3-21-20(23-15-19-10-6-12-25(19)2)22-14-17-8-4-5-9-18(17)16-26-13-7-11-24-26;/h4-5,7-9,11,13,19H,3,6,10,12,14-16H2,1-2H3,(H2,21,22,23);1H. The van der Waals surface area contributed by atoms with Crippen LogP contribution in [0.5, 0.6) is 0 Å². The fourth-order valence-electron chi connectivity index (χ4n) is 3.39. The Morgan fingerprint density at radius 1 is 1.22 bits per heavy atom. The van der Waals surface area contributed by atoms with Crippen molar-refractivity contribution >= 4 is 29.9 Å². The van der Waals surface area contributed by atoms with Gasteiger partial charge in [-0.25, -0.2) is 4.99 Å². The van der Waals surface area contributed by atoms with E-state index in [9.17, 15) is 0 Å². The maximum absolute atomic E-state index is 4.81. The second kappa shape index (κ2) is 11.3. The number of guanidine groups is 1. The van der Waals surface area contributed by atoms with Gasteiger partial charge in [-0.3, -0.25) is 4.68 Å². The Labute approximate surface area is 179 Å². The maximum atomic E-state index is 4.81. The minimum absolute atomic E-state index is 0. The molecule has 1 aliphatic heterocycles. The molecule has 1 aliphatic rings. The molecule has 2 N–H and O–H groups in total. The molecule has 1 aromatic heterocycles. The van der Waals surface area contributed by atoms with Crippen LogP contribution >= 0.6 is 24.0 Å². The van der Waals surface area contributed by atoms with E-state index >= 15 is 0 Å². The van der Waals surface area contributed by atoms with Gasteiger partial charge in [-0.1, -0.05) is 24.3 Å². The lowest BCUT2D eigenvalue weighted by atomic mass is 10.1. The molecule has 0 radical (unpaired) electrons. The van der Waals surface area contributed by atoms with Crippen LogP contribution < -0.4 is 10.6 Å². The summed E-state index contributed by atoms with van der Waals surface area (Å²) in [5.74, 6) is 0.890. The van der Waals surface area contributed by atoms with Gasteiger partial charge in [0.15, 0.2) is 5.96 Å². The smallest absolute Gasteiger partial charge is 0.191 e. The predicted molar refractivity (Wildman–Crippen MR) is 122 cm³/mol. The maximum Gasteiger partial charge on any atom is 0.191 e. The van der Waals surface area contributed by atoms with Gasteiger partial charge in [0.25, 0.3) is 0 Å². The highest BCUT2D eigenvalue weighted by atomic mass is 127. The SMILES string of the molecule is CCNC(=NCc1ccccc1Cn1cccn1)NCC1CCCN1C.I. The molecule has 1 fully saturated rings. The lowest BCUT2D eigenvalue weighted by Gasteiger charge is -2.21. The molecule has 2 heterocycles. The zero-order valence-electron chi connectivity index (χ0n) is 16.3. The van der Waals surface area contributed by atoms with E-state index in [1.165, 1.54) is 30.5 Å². The van der Waals surface area contributed by atoms with Gasteiger partial charge >= 0.3 is 0 Å². The zero-order valence-corrected chi connectivity index (χ0v) is 18.6. The van der Waals surface area contributed by atoms with Crippen LogP contribution in [0, 0.1) is 0 Å². The molecule has 0 bridgehead atoms. The van der Waals surface area contributed by atoms with E-state index in [0.717, 1.165) is 25.6 Å². The average molecular weight is 482 g/mol. The molecular weight excluding hydrogens is 451 g/mol. The van der Waals surface area contributed by atoms with Gasteiger partial charge in [0.2, 0.25) is 0 Å². The van der Waals surface area contributed by atoms with Crippen molar-refractivity contribution in [2.75, 3.05) is 26.7 Å². The second-order valence-electron chi connectivity index (χ2n) is 6.83. The van der Waals surface area contributed by atoms with Gasteiger partial charge in [0.05, 0.1) is 13.1 Å². The number of hydrogen-bond acceptors (Lipinski definition) is 3. The van der Waals surface area contributed by atoms with Crippen molar-refractivity contribution in [2.24, 2.45) is 4.99 Å². The lowest BCUT2D eigenvalue weighted by Crippen LogP contribution is -2.44. The number of rotatable bonds is 7. The number of nitrogens with one attached hydrogen (secondary N) is 2. The van der Waals surface area contributed by atoms with Crippen LogP contribution in [-0.4, -0.2) is 53.4 Å². The molecule has 1 aromatic carbocycles. The Kier molecular flexibility index (Phi) is 9.06. The molecule has 0 amide bonds. The third-order valence-electron chi connectivity index (χ3n) is 4.94. The predicted octanol–water partition coefficient (Wildman–Crippen LogP) is 2.70. The number of aromatic nitrogens is 2. The highest BCUT2D eigenvalue weighted by molar-refractivity contribution is 14.0. The lowest BCUT2D eigenvalue weighted by molar-refractivity contribution is 0.309. The second-order valence-corrected chi connectivity index (χ2v) is 6.83. The van der Waals surface area contributed by atoms with Crippen LogP contribution in [-0.2, 0) is 13.1 Å². The first-order valence-electron chi connectivity index (χ1n) is 9.53. The number of nitrogens with zero attached hydrogens (tertiary/aromatic N) is 4. The van der Waals surface area contributed by atoms with Crippen LogP contribution in [0.15, 0.2) is 47.7 Å². The topological polar surface area (TPSA) is 57.5 Å². The first-order chi connectivity index (χ1) is 12.8. The van der Waals surface area contributed by atoms with Crippen molar-refractivity contribution in [1.29, 1.82) is 0 Å². The van der Waals surface area contributed by atoms with E-state index in [1.54, 1.807) is 0 Å². The summed E-state index contributed by atoms with van der Waals surface area (Å²) in [4.78, 5) is 7.23. The summed E-state index contributed by atoms with van der Waals surface area (Å²) in [7, 11) is 2.20. The highest BCUT2D eigenvalue weighted by Gasteiger charge is 2.20. The van der Waals surface area contributed by atoms with Gasteiger partial charge < -0.3 is 15.5 Å². The van der Waals surface area contributed by atoms with Crippen LogP contribution in [0.25, 0.3) is 0 Å². The van der Waals surface area contributed by atoms with Crippen LogP contribution in [0.2, 0.25) is 0 Å². The van der Waals surface area contributed by atoms with Gasteiger partial charge in [-0.05, 0) is 50.6 Å². The Balaban J connectivity index is 0.00000261. The van der Waals surface area contributed by atoms with Gasteiger partial charge in [0, 0.05) is 31.5 Å². The molecule has 0 spiro atoms. The molecule has 3 rings (SSSR count). The van der Waals surface area contributed by atoms with Gasteiger partial charge in [0.1, 0.15) is 0 Å². The summed E-state index contributed by atoms with van der Waals surface area (Å²) in [5.41, 5.74) is 2.49. The van der Waals surface area contributed by atoms with Crippen molar-refractivity contribution in [3.05, 3.63) is 53.9 Å². The van der Waals surface area contributed by atoms with Crippen molar-refractivity contribution in [1.82, 2.24) is 25.3 Å².